The van der Waals surface area contributed by atoms with E-state index >= 15 is 0 Å². The van der Waals surface area contributed by atoms with Crippen molar-refractivity contribution in [3.63, 3.8) is 0 Å². The van der Waals surface area contributed by atoms with Gasteiger partial charge in [-0.3, -0.25) is 4.79 Å². The lowest BCUT2D eigenvalue weighted by Gasteiger charge is -2.22. The number of halogens is 1. The van der Waals surface area contributed by atoms with Crippen LogP contribution >= 0.6 is 11.6 Å². The summed E-state index contributed by atoms with van der Waals surface area (Å²) in [5, 5.41) is 4.75. The van der Waals surface area contributed by atoms with E-state index in [0.29, 0.717) is 10.7 Å². The largest absolute Gasteiger partial charge is 0.292 e. The molecule has 0 unspecified atom stereocenters. The molecule has 0 saturated carbocycles. The lowest BCUT2D eigenvalue weighted by molar-refractivity contribution is -0.121. The van der Waals surface area contributed by atoms with Crippen molar-refractivity contribution in [2.45, 2.75) is 27.2 Å². The Morgan fingerprint density at radius 2 is 2.00 bits per heavy atom. The number of hydrogen-bond donors (Lipinski definition) is 0. The first-order valence-corrected chi connectivity index (χ1v) is 7.19. The maximum atomic E-state index is 12.8. The van der Waals surface area contributed by atoms with Crippen LogP contribution in [0.1, 0.15) is 32.8 Å². The number of allylic oxidation sites excluding steroid dienone is 1. The first-order chi connectivity index (χ1) is 9.94. The fourth-order valence-corrected chi connectivity index (χ4v) is 1.92. The van der Waals surface area contributed by atoms with Crippen LogP contribution in [-0.4, -0.2) is 20.5 Å². The first-order valence-electron chi connectivity index (χ1n) is 6.81. The summed E-state index contributed by atoms with van der Waals surface area (Å²) in [6, 6.07) is 7.32. The van der Waals surface area contributed by atoms with Crippen molar-refractivity contribution in [2.24, 2.45) is 5.41 Å². The Balaban J connectivity index is 2.47. The Morgan fingerprint density at radius 1 is 1.33 bits per heavy atom. The standard InChI is InChI=1S/C16H18ClN3O/c1-4-16(2,3)15(21)14(20-11-18-10-19-20)9-12-5-7-13(17)8-6-12/h5-11H,4H2,1-3H3/b14-9-. The van der Waals surface area contributed by atoms with Crippen LogP contribution in [-0.2, 0) is 4.79 Å². The molecule has 0 aliphatic heterocycles. The highest BCUT2D eigenvalue weighted by atomic mass is 35.5. The third kappa shape index (κ3) is 3.58. The Bertz CT molecular complexity index is 643. The molecule has 0 amide bonds. The molecule has 2 aromatic rings. The SMILES string of the molecule is CCC(C)(C)C(=O)/C(=C/c1ccc(Cl)cc1)n1cncn1. The molecule has 0 spiro atoms. The summed E-state index contributed by atoms with van der Waals surface area (Å²) >= 11 is 5.89. The minimum Gasteiger partial charge on any atom is -0.292 e. The number of nitrogens with zero attached hydrogens (tertiary/aromatic N) is 3. The molecule has 0 atom stereocenters. The fourth-order valence-electron chi connectivity index (χ4n) is 1.79. The van der Waals surface area contributed by atoms with Crippen molar-refractivity contribution in [3.8, 4) is 0 Å². The number of ketones is 1. The van der Waals surface area contributed by atoms with E-state index in [-0.39, 0.29) is 5.78 Å². The highest BCUT2D eigenvalue weighted by Gasteiger charge is 2.29. The van der Waals surface area contributed by atoms with Gasteiger partial charge in [-0.1, -0.05) is 44.5 Å². The summed E-state index contributed by atoms with van der Waals surface area (Å²) in [6.07, 6.45) is 5.51. The lowest BCUT2D eigenvalue weighted by atomic mass is 9.83. The molecule has 0 radical (unpaired) electrons. The van der Waals surface area contributed by atoms with E-state index < -0.39 is 5.41 Å². The van der Waals surface area contributed by atoms with Crippen molar-refractivity contribution in [1.29, 1.82) is 0 Å². The number of Topliss-reactive ketones (excluding diaryl/α,β-unsaturated/α-hetero) is 1. The van der Waals surface area contributed by atoms with Gasteiger partial charge in [0, 0.05) is 10.4 Å². The molecule has 1 heterocycles. The molecular weight excluding hydrogens is 286 g/mol. The molecule has 110 valence electrons. The van der Waals surface area contributed by atoms with E-state index in [1.54, 1.807) is 12.1 Å². The topological polar surface area (TPSA) is 47.8 Å². The average Bonchev–Trinajstić information content (AvgIpc) is 3.00. The fraction of sp³-hybridized carbons (Fsp3) is 0.312. The predicted octanol–water partition coefficient (Wildman–Crippen LogP) is 3.93. The van der Waals surface area contributed by atoms with E-state index in [1.807, 2.05) is 39.0 Å². The van der Waals surface area contributed by atoms with Gasteiger partial charge in [0.05, 0.1) is 0 Å². The molecule has 0 aliphatic carbocycles. The van der Waals surface area contributed by atoms with Gasteiger partial charge in [-0.25, -0.2) is 9.67 Å². The molecule has 4 nitrogen and oxygen atoms in total. The van der Waals surface area contributed by atoms with E-state index in [4.69, 9.17) is 11.6 Å². The van der Waals surface area contributed by atoms with Gasteiger partial charge in [-0.2, -0.15) is 5.10 Å². The minimum absolute atomic E-state index is 0.0328. The molecule has 1 aromatic carbocycles. The summed E-state index contributed by atoms with van der Waals surface area (Å²) in [5.74, 6) is 0.0328. The van der Waals surface area contributed by atoms with Gasteiger partial charge < -0.3 is 0 Å². The number of carbonyl (C=O) groups is 1. The Morgan fingerprint density at radius 3 is 2.52 bits per heavy atom. The van der Waals surface area contributed by atoms with Gasteiger partial charge in [0.1, 0.15) is 18.4 Å². The Hall–Kier alpha value is -1.94. The van der Waals surface area contributed by atoms with E-state index in [9.17, 15) is 4.79 Å². The Kier molecular flexibility index (Phi) is 4.58. The van der Waals surface area contributed by atoms with Gasteiger partial charge in [-0.05, 0) is 30.2 Å². The number of hydrogen-bond acceptors (Lipinski definition) is 3. The summed E-state index contributed by atoms with van der Waals surface area (Å²) in [5.41, 5.74) is 0.941. The second-order valence-electron chi connectivity index (χ2n) is 5.49. The molecule has 0 fully saturated rings. The minimum atomic E-state index is -0.454. The van der Waals surface area contributed by atoms with Gasteiger partial charge in [-0.15, -0.1) is 0 Å². The molecule has 1 aromatic heterocycles. The molecule has 2 rings (SSSR count). The summed E-state index contributed by atoms with van der Waals surface area (Å²) in [4.78, 5) is 16.7. The molecule has 0 bridgehead atoms. The third-order valence-electron chi connectivity index (χ3n) is 3.57. The number of carbonyl (C=O) groups excluding carboxylic acids is 1. The van der Waals surface area contributed by atoms with Crippen LogP contribution in [0.15, 0.2) is 36.9 Å². The van der Waals surface area contributed by atoms with Crippen LogP contribution in [0.3, 0.4) is 0 Å². The summed E-state index contributed by atoms with van der Waals surface area (Å²) in [7, 11) is 0. The molecular formula is C16H18ClN3O. The van der Waals surface area contributed by atoms with Crippen LogP contribution in [0.5, 0.6) is 0 Å². The quantitative estimate of drug-likeness (QED) is 0.786. The molecule has 0 saturated heterocycles. The number of rotatable bonds is 5. The van der Waals surface area contributed by atoms with E-state index in [1.165, 1.54) is 17.3 Å². The van der Waals surface area contributed by atoms with Gasteiger partial charge in [0.2, 0.25) is 0 Å². The van der Waals surface area contributed by atoms with Crippen LogP contribution in [0, 0.1) is 5.41 Å². The smallest absolute Gasteiger partial charge is 0.186 e. The van der Waals surface area contributed by atoms with Crippen LogP contribution in [0.4, 0.5) is 0 Å². The lowest BCUT2D eigenvalue weighted by Crippen LogP contribution is -2.26. The summed E-state index contributed by atoms with van der Waals surface area (Å²) in [6.45, 7) is 5.86. The van der Waals surface area contributed by atoms with Crippen LogP contribution < -0.4 is 0 Å². The molecule has 0 N–H and O–H groups in total. The van der Waals surface area contributed by atoms with Crippen LogP contribution in [0.25, 0.3) is 11.8 Å². The summed E-state index contributed by atoms with van der Waals surface area (Å²) < 4.78 is 1.51. The molecule has 21 heavy (non-hydrogen) atoms. The van der Waals surface area contributed by atoms with Crippen molar-refractivity contribution in [2.75, 3.05) is 0 Å². The van der Waals surface area contributed by atoms with Crippen molar-refractivity contribution in [1.82, 2.24) is 14.8 Å². The van der Waals surface area contributed by atoms with E-state index in [2.05, 4.69) is 10.1 Å². The second-order valence-corrected chi connectivity index (χ2v) is 5.92. The predicted molar refractivity (Wildman–Crippen MR) is 84.7 cm³/mol. The zero-order valence-corrected chi connectivity index (χ0v) is 13.1. The van der Waals surface area contributed by atoms with Gasteiger partial charge >= 0.3 is 0 Å². The zero-order valence-electron chi connectivity index (χ0n) is 12.4. The van der Waals surface area contributed by atoms with Crippen molar-refractivity contribution < 1.29 is 4.79 Å². The van der Waals surface area contributed by atoms with Gasteiger partial charge in [0.25, 0.3) is 0 Å². The third-order valence-corrected chi connectivity index (χ3v) is 3.82. The molecule has 5 heteroatoms. The zero-order chi connectivity index (χ0) is 15.5. The number of aromatic nitrogens is 3. The van der Waals surface area contributed by atoms with E-state index in [0.717, 1.165) is 12.0 Å². The monoisotopic (exact) mass is 303 g/mol. The first kappa shape index (κ1) is 15.4. The highest BCUT2D eigenvalue weighted by molar-refractivity contribution is 6.30. The van der Waals surface area contributed by atoms with Crippen molar-refractivity contribution >= 4 is 29.2 Å². The highest BCUT2D eigenvalue weighted by Crippen LogP contribution is 2.28. The number of benzene rings is 1. The normalized spacial score (nSPS) is 12.5. The maximum Gasteiger partial charge on any atom is 0.186 e. The Labute approximate surface area is 129 Å². The second kappa shape index (κ2) is 6.22. The van der Waals surface area contributed by atoms with Gasteiger partial charge in [0.15, 0.2) is 5.78 Å². The van der Waals surface area contributed by atoms with Crippen molar-refractivity contribution in [3.05, 3.63) is 47.5 Å². The maximum absolute atomic E-state index is 12.8. The molecule has 0 aliphatic rings. The van der Waals surface area contributed by atoms with Crippen LogP contribution in [0.2, 0.25) is 5.02 Å². The average molecular weight is 304 g/mol.